The zero-order valence-electron chi connectivity index (χ0n) is 7.37. The Balaban J connectivity index is 2.70. The molecule has 0 fully saturated rings. The number of thioether (sulfide) groups is 2. The van der Waals surface area contributed by atoms with Crippen LogP contribution in [0.3, 0.4) is 0 Å². The van der Waals surface area contributed by atoms with Gasteiger partial charge in [-0.15, -0.1) is 11.8 Å². The van der Waals surface area contributed by atoms with Gasteiger partial charge in [0, 0.05) is 6.20 Å². The second-order valence-corrected chi connectivity index (χ2v) is 4.03. The Hall–Kier alpha value is -0.680. The second-order valence-electron chi connectivity index (χ2n) is 2.46. The van der Waals surface area contributed by atoms with Crippen molar-refractivity contribution in [1.82, 2.24) is 15.0 Å². The molecular formula is C8H9N3S2. The second kappa shape index (κ2) is 3.59. The van der Waals surface area contributed by atoms with Gasteiger partial charge in [0.2, 0.25) is 0 Å². The van der Waals surface area contributed by atoms with Gasteiger partial charge in [-0.2, -0.15) is 0 Å². The minimum absolute atomic E-state index is 0.830. The van der Waals surface area contributed by atoms with Crippen molar-refractivity contribution in [2.75, 3.05) is 12.5 Å². The van der Waals surface area contributed by atoms with E-state index >= 15 is 0 Å². The van der Waals surface area contributed by atoms with Gasteiger partial charge in [-0.3, -0.25) is 0 Å². The van der Waals surface area contributed by atoms with Gasteiger partial charge in [0.15, 0.2) is 5.16 Å². The molecule has 2 aromatic heterocycles. The van der Waals surface area contributed by atoms with E-state index in [0.717, 1.165) is 21.2 Å². The quantitative estimate of drug-likeness (QED) is 0.470. The Labute approximate surface area is 84.7 Å². The summed E-state index contributed by atoms with van der Waals surface area (Å²) in [6.07, 6.45) is 5.90. The normalized spacial score (nSPS) is 10.9. The monoisotopic (exact) mass is 211 g/mol. The van der Waals surface area contributed by atoms with Crippen LogP contribution < -0.4 is 0 Å². The third kappa shape index (κ3) is 1.53. The minimum Gasteiger partial charge on any atom is -0.358 e. The summed E-state index contributed by atoms with van der Waals surface area (Å²) in [6.45, 7) is 0. The molecule has 0 saturated heterocycles. The summed E-state index contributed by atoms with van der Waals surface area (Å²) in [4.78, 5) is 11.9. The highest BCUT2D eigenvalue weighted by Crippen LogP contribution is 2.24. The number of hydrogen-bond donors (Lipinski definition) is 1. The van der Waals surface area contributed by atoms with Gasteiger partial charge in [0.1, 0.15) is 5.03 Å². The van der Waals surface area contributed by atoms with Crippen LogP contribution >= 0.6 is 23.5 Å². The van der Waals surface area contributed by atoms with E-state index in [-0.39, 0.29) is 0 Å². The molecule has 1 N–H and O–H groups in total. The minimum atomic E-state index is 0.830. The van der Waals surface area contributed by atoms with Crippen molar-refractivity contribution in [2.24, 2.45) is 0 Å². The number of nitrogens with one attached hydrogen (secondary N) is 1. The lowest BCUT2D eigenvalue weighted by Crippen LogP contribution is -1.89. The molecule has 0 aliphatic rings. The summed E-state index contributed by atoms with van der Waals surface area (Å²) in [5.74, 6) is 0. The number of fused-ring (bicyclic) bond motifs is 1. The van der Waals surface area contributed by atoms with Crippen LogP contribution in [-0.2, 0) is 0 Å². The Kier molecular flexibility index (Phi) is 2.46. The average molecular weight is 211 g/mol. The molecule has 0 radical (unpaired) electrons. The van der Waals surface area contributed by atoms with Crippen molar-refractivity contribution in [3.63, 3.8) is 0 Å². The van der Waals surface area contributed by atoms with Gasteiger partial charge in [-0.05, 0) is 18.6 Å². The largest absolute Gasteiger partial charge is 0.358 e. The van der Waals surface area contributed by atoms with Crippen molar-refractivity contribution in [3.8, 4) is 0 Å². The molecule has 0 aromatic carbocycles. The summed E-state index contributed by atoms with van der Waals surface area (Å²) in [6, 6.07) is 1.97. The van der Waals surface area contributed by atoms with Crippen LogP contribution in [0.1, 0.15) is 0 Å². The van der Waals surface area contributed by atoms with Crippen LogP contribution in [0.4, 0.5) is 0 Å². The maximum atomic E-state index is 4.39. The molecule has 2 aromatic rings. The van der Waals surface area contributed by atoms with Gasteiger partial charge in [-0.1, -0.05) is 11.8 Å². The number of H-pyrrole nitrogens is 1. The maximum Gasteiger partial charge on any atom is 0.189 e. The molecule has 68 valence electrons. The highest BCUT2D eigenvalue weighted by molar-refractivity contribution is 7.99. The number of aromatic amines is 1. The smallest absolute Gasteiger partial charge is 0.189 e. The first-order valence-corrected chi connectivity index (χ1v) is 6.23. The van der Waals surface area contributed by atoms with Gasteiger partial charge in [0.25, 0.3) is 0 Å². The van der Waals surface area contributed by atoms with Crippen molar-refractivity contribution >= 4 is 34.6 Å². The molecule has 0 aliphatic carbocycles. The fourth-order valence-electron chi connectivity index (χ4n) is 1.14. The summed E-state index contributed by atoms with van der Waals surface area (Å²) < 4.78 is 0. The molecule has 0 spiro atoms. The first-order chi connectivity index (χ1) is 6.35. The highest BCUT2D eigenvalue weighted by atomic mass is 32.2. The molecule has 13 heavy (non-hydrogen) atoms. The first-order valence-electron chi connectivity index (χ1n) is 3.78. The lowest BCUT2D eigenvalue weighted by molar-refractivity contribution is 0.931. The molecule has 2 rings (SSSR count). The SMILES string of the molecule is CSc1nc(SC)c2[nH]ccc2n1. The standard InChI is InChI=1S/C8H9N3S2/c1-12-7-6-5(3-4-9-6)10-8(11-7)13-2/h3-4,9H,1-2H3. The van der Waals surface area contributed by atoms with Crippen molar-refractivity contribution < 1.29 is 0 Å². The van der Waals surface area contributed by atoms with Crippen LogP contribution in [0.5, 0.6) is 0 Å². The number of nitrogens with zero attached hydrogens (tertiary/aromatic N) is 2. The van der Waals surface area contributed by atoms with Gasteiger partial charge < -0.3 is 4.98 Å². The van der Waals surface area contributed by atoms with Crippen molar-refractivity contribution in [1.29, 1.82) is 0 Å². The number of rotatable bonds is 2. The summed E-state index contributed by atoms with van der Waals surface area (Å²) in [5.41, 5.74) is 2.02. The number of hydrogen-bond acceptors (Lipinski definition) is 4. The zero-order valence-corrected chi connectivity index (χ0v) is 9.00. The van der Waals surface area contributed by atoms with Crippen molar-refractivity contribution in [3.05, 3.63) is 12.3 Å². The van der Waals surface area contributed by atoms with E-state index in [4.69, 9.17) is 0 Å². The molecule has 0 amide bonds. The summed E-state index contributed by atoms with van der Waals surface area (Å²) in [5, 5.41) is 1.84. The average Bonchev–Trinajstić information content (AvgIpc) is 2.63. The van der Waals surface area contributed by atoms with Crippen LogP contribution in [0.15, 0.2) is 22.4 Å². The topological polar surface area (TPSA) is 41.6 Å². The van der Waals surface area contributed by atoms with E-state index in [9.17, 15) is 0 Å². The Bertz CT molecular complexity index is 424. The molecule has 0 saturated carbocycles. The van der Waals surface area contributed by atoms with Gasteiger partial charge in [0.05, 0.1) is 11.0 Å². The van der Waals surface area contributed by atoms with E-state index < -0.39 is 0 Å². The fraction of sp³-hybridized carbons (Fsp3) is 0.250. The molecule has 2 heterocycles. The summed E-state index contributed by atoms with van der Waals surface area (Å²) >= 11 is 3.20. The molecular weight excluding hydrogens is 202 g/mol. The van der Waals surface area contributed by atoms with Gasteiger partial charge in [-0.25, -0.2) is 9.97 Å². The van der Waals surface area contributed by atoms with E-state index in [1.807, 2.05) is 24.8 Å². The van der Waals surface area contributed by atoms with E-state index in [1.165, 1.54) is 0 Å². The summed E-state index contributed by atoms with van der Waals surface area (Å²) in [7, 11) is 0. The lowest BCUT2D eigenvalue weighted by atomic mass is 10.5. The number of aromatic nitrogens is 3. The third-order valence-electron chi connectivity index (χ3n) is 1.73. The van der Waals surface area contributed by atoms with Crippen LogP contribution in [0, 0.1) is 0 Å². The Morgan fingerprint density at radius 2 is 2.08 bits per heavy atom. The maximum absolute atomic E-state index is 4.39. The van der Waals surface area contributed by atoms with E-state index in [0.29, 0.717) is 0 Å². The third-order valence-corrected chi connectivity index (χ3v) is 2.96. The van der Waals surface area contributed by atoms with E-state index in [2.05, 4.69) is 15.0 Å². The molecule has 3 nitrogen and oxygen atoms in total. The Morgan fingerprint density at radius 3 is 2.77 bits per heavy atom. The molecule has 0 aliphatic heterocycles. The lowest BCUT2D eigenvalue weighted by Gasteiger charge is -2.00. The first kappa shape index (κ1) is 8.90. The van der Waals surface area contributed by atoms with Gasteiger partial charge >= 0.3 is 0 Å². The molecule has 5 heteroatoms. The Morgan fingerprint density at radius 1 is 1.23 bits per heavy atom. The predicted octanol–water partition coefficient (Wildman–Crippen LogP) is 2.40. The zero-order chi connectivity index (χ0) is 9.26. The predicted molar refractivity (Wildman–Crippen MR) is 57.5 cm³/mol. The molecule has 0 unspecified atom stereocenters. The van der Waals surface area contributed by atoms with Crippen molar-refractivity contribution in [2.45, 2.75) is 10.2 Å². The van der Waals surface area contributed by atoms with E-state index in [1.54, 1.807) is 23.5 Å². The molecule has 0 atom stereocenters. The van der Waals surface area contributed by atoms with Crippen LogP contribution in [-0.4, -0.2) is 27.5 Å². The van der Waals surface area contributed by atoms with Crippen LogP contribution in [0.25, 0.3) is 11.0 Å². The highest BCUT2D eigenvalue weighted by Gasteiger charge is 2.06. The fourth-order valence-corrected chi connectivity index (χ4v) is 2.11. The van der Waals surface area contributed by atoms with Crippen LogP contribution in [0.2, 0.25) is 0 Å². The molecule has 0 bridgehead atoms.